The summed E-state index contributed by atoms with van der Waals surface area (Å²) in [6.45, 7) is 1.96. The molecule has 0 aliphatic rings. The molecule has 90 valence electrons. The molecule has 1 aromatic heterocycles. The van der Waals surface area contributed by atoms with E-state index >= 15 is 0 Å². The van der Waals surface area contributed by atoms with Gasteiger partial charge >= 0.3 is 0 Å². The van der Waals surface area contributed by atoms with Gasteiger partial charge in [0.25, 0.3) is 5.56 Å². The van der Waals surface area contributed by atoms with Gasteiger partial charge < -0.3 is 0 Å². The molecule has 2 aromatic rings. The number of hydrogen-bond donors (Lipinski definition) is 1. The van der Waals surface area contributed by atoms with Crippen LogP contribution in [0.3, 0.4) is 0 Å². The summed E-state index contributed by atoms with van der Waals surface area (Å²) in [5.74, 6) is 0.209. The number of H-pyrrole nitrogens is 1. The second-order valence-corrected chi connectivity index (χ2v) is 5.37. The van der Waals surface area contributed by atoms with Gasteiger partial charge in [-0.15, -0.1) is 11.6 Å². The van der Waals surface area contributed by atoms with Crippen molar-refractivity contribution in [3.8, 4) is 5.69 Å². The van der Waals surface area contributed by atoms with E-state index in [0.29, 0.717) is 5.56 Å². The highest BCUT2D eigenvalue weighted by Crippen LogP contribution is 2.23. The molecule has 1 aromatic carbocycles. The zero-order valence-corrected chi connectivity index (χ0v) is 11.6. The predicted octanol–water partition coefficient (Wildman–Crippen LogP) is 3.36. The minimum Gasteiger partial charge on any atom is -0.294 e. The molecule has 2 rings (SSSR count). The number of aromatic amines is 1. The average molecular weight is 316 g/mol. The fourth-order valence-electron chi connectivity index (χ4n) is 1.71. The molecule has 1 atom stereocenters. The lowest BCUT2D eigenvalue weighted by Gasteiger charge is -2.02. The van der Waals surface area contributed by atoms with Gasteiger partial charge in [-0.25, -0.2) is 4.68 Å². The van der Waals surface area contributed by atoms with Crippen molar-refractivity contribution in [2.75, 3.05) is 0 Å². The third-order valence-corrected chi connectivity index (χ3v) is 3.29. The second-order valence-electron chi connectivity index (χ2n) is 3.73. The largest absolute Gasteiger partial charge is 0.294 e. The third-order valence-electron chi connectivity index (χ3n) is 2.56. The maximum Gasteiger partial charge on any atom is 0.275 e. The third kappa shape index (κ3) is 2.33. The molecule has 0 bridgehead atoms. The van der Waals surface area contributed by atoms with Gasteiger partial charge in [-0.3, -0.25) is 9.89 Å². The van der Waals surface area contributed by atoms with Crippen LogP contribution in [0.2, 0.25) is 0 Å². The minimum absolute atomic E-state index is 0.0638. The normalized spacial score (nSPS) is 12.6. The van der Waals surface area contributed by atoms with Crippen LogP contribution in [0.5, 0.6) is 0 Å². The molecular weight excluding hydrogens is 304 g/mol. The fourth-order valence-corrected chi connectivity index (χ4v) is 2.34. The van der Waals surface area contributed by atoms with Crippen LogP contribution >= 0.6 is 27.5 Å². The van der Waals surface area contributed by atoms with Gasteiger partial charge in [0, 0.05) is 0 Å². The number of aromatic nitrogens is 2. The van der Waals surface area contributed by atoms with E-state index in [9.17, 15) is 4.79 Å². The van der Waals surface area contributed by atoms with Crippen molar-refractivity contribution >= 4 is 27.5 Å². The lowest BCUT2D eigenvalue weighted by Crippen LogP contribution is -2.16. The number of rotatable bonds is 3. The number of alkyl halides is 2. The van der Waals surface area contributed by atoms with Crippen molar-refractivity contribution < 1.29 is 0 Å². The summed E-state index contributed by atoms with van der Waals surface area (Å²) in [5.41, 5.74) is 2.16. The molecule has 0 spiro atoms. The van der Waals surface area contributed by atoms with Gasteiger partial charge in [-0.2, -0.15) is 0 Å². The van der Waals surface area contributed by atoms with Gasteiger partial charge in [0.05, 0.1) is 27.7 Å². The zero-order chi connectivity index (χ0) is 12.4. The van der Waals surface area contributed by atoms with E-state index in [1.807, 2.05) is 37.3 Å². The molecule has 0 saturated heterocycles. The molecule has 3 nitrogen and oxygen atoms in total. The monoisotopic (exact) mass is 314 g/mol. The number of benzene rings is 1. The van der Waals surface area contributed by atoms with Crippen LogP contribution in [0.1, 0.15) is 23.0 Å². The lowest BCUT2D eigenvalue weighted by molar-refractivity contribution is 0.818. The Kier molecular flexibility index (Phi) is 3.74. The molecule has 17 heavy (non-hydrogen) atoms. The lowest BCUT2D eigenvalue weighted by atomic mass is 10.2. The van der Waals surface area contributed by atoms with E-state index < -0.39 is 0 Å². The molecule has 1 heterocycles. The second kappa shape index (κ2) is 5.10. The van der Waals surface area contributed by atoms with Crippen molar-refractivity contribution in [1.82, 2.24) is 9.78 Å². The SMILES string of the molecule is CC(Br)c1[nH]n(-c2ccccc2)c(=O)c1CCl. The van der Waals surface area contributed by atoms with Gasteiger partial charge in [-0.1, -0.05) is 34.1 Å². The van der Waals surface area contributed by atoms with Crippen molar-refractivity contribution in [3.05, 3.63) is 51.9 Å². The van der Waals surface area contributed by atoms with E-state index in [1.165, 1.54) is 4.68 Å². The molecule has 0 radical (unpaired) electrons. The Morgan fingerprint density at radius 3 is 2.53 bits per heavy atom. The number of halogens is 2. The summed E-state index contributed by atoms with van der Waals surface area (Å²) in [4.78, 5) is 12.2. The summed E-state index contributed by atoms with van der Waals surface area (Å²) >= 11 is 9.28. The summed E-state index contributed by atoms with van der Waals surface area (Å²) in [7, 11) is 0. The summed E-state index contributed by atoms with van der Waals surface area (Å²) in [6, 6.07) is 9.44. The van der Waals surface area contributed by atoms with Crippen LogP contribution in [0, 0.1) is 0 Å². The molecule has 1 unspecified atom stereocenters. The first-order valence-electron chi connectivity index (χ1n) is 5.24. The van der Waals surface area contributed by atoms with E-state index in [2.05, 4.69) is 21.0 Å². The fraction of sp³-hybridized carbons (Fsp3) is 0.250. The Morgan fingerprint density at radius 2 is 2.06 bits per heavy atom. The van der Waals surface area contributed by atoms with E-state index in [1.54, 1.807) is 0 Å². The number of nitrogens with zero attached hydrogens (tertiary/aromatic N) is 1. The first kappa shape index (κ1) is 12.5. The highest BCUT2D eigenvalue weighted by atomic mass is 79.9. The first-order chi connectivity index (χ1) is 8.15. The molecule has 1 N–H and O–H groups in total. The van der Waals surface area contributed by atoms with Crippen LogP contribution in [0.15, 0.2) is 35.1 Å². The molecule has 5 heteroatoms. The molecule has 0 aliphatic heterocycles. The first-order valence-corrected chi connectivity index (χ1v) is 6.69. The smallest absolute Gasteiger partial charge is 0.275 e. The molecule has 0 saturated carbocycles. The highest BCUT2D eigenvalue weighted by molar-refractivity contribution is 9.09. The number of para-hydroxylation sites is 1. The van der Waals surface area contributed by atoms with Crippen LogP contribution in [0.4, 0.5) is 0 Å². The van der Waals surface area contributed by atoms with Crippen molar-refractivity contribution in [2.24, 2.45) is 0 Å². The number of nitrogens with one attached hydrogen (secondary N) is 1. The Bertz CT molecular complexity index is 560. The summed E-state index contributed by atoms with van der Waals surface area (Å²) in [5, 5.41) is 3.09. The van der Waals surface area contributed by atoms with Crippen LogP contribution in [0.25, 0.3) is 5.69 Å². The van der Waals surface area contributed by atoms with Crippen molar-refractivity contribution in [1.29, 1.82) is 0 Å². The van der Waals surface area contributed by atoms with Crippen LogP contribution in [-0.4, -0.2) is 9.78 Å². The Labute approximate surface area is 113 Å². The van der Waals surface area contributed by atoms with Crippen molar-refractivity contribution in [2.45, 2.75) is 17.6 Å². The predicted molar refractivity (Wildman–Crippen MR) is 73.3 cm³/mol. The Balaban J connectivity index is 2.61. The Morgan fingerprint density at radius 1 is 1.41 bits per heavy atom. The van der Waals surface area contributed by atoms with Gasteiger partial charge in [0.15, 0.2) is 0 Å². The van der Waals surface area contributed by atoms with Crippen molar-refractivity contribution in [3.63, 3.8) is 0 Å². The molecule has 0 fully saturated rings. The Hall–Kier alpha value is -1.00. The van der Waals surface area contributed by atoms with E-state index in [-0.39, 0.29) is 16.3 Å². The summed E-state index contributed by atoms with van der Waals surface area (Å²) in [6.07, 6.45) is 0. The quantitative estimate of drug-likeness (QED) is 0.867. The zero-order valence-electron chi connectivity index (χ0n) is 9.28. The van der Waals surface area contributed by atoms with Crippen LogP contribution < -0.4 is 5.56 Å². The van der Waals surface area contributed by atoms with Crippen LogP contribution in [-0.2, 0) is 5.88 Å². The highest BCUT2D eigenvalue weighted by Gasteiger charge is 2.17. The standard InChI is InChI=1S/C12H12BrClN2O/c1-8(13)11-10(7-14)12(17)16(15-11)9-5-3-2-4-6-9/h2-6,8,15H,7H2,1H3. The summed E-state index contributed by atoms with van der Waals surface area (Å²) < 4.78 is 1.52. The topological polar surface area (TPSA) is 37.8 Å². The molecule has 0 aliphatic carbocycles. The van der Waals surface area contributed by atoms with E-state index in [0.717, 1.165) is 11.4 Å². The van der Waals surface area contributed by atoms with Gasteiger partial charge in [-0.05, 0) is 19.1 Å². The molecule has 0 amide bonds. The van der Waals surface area contributed by atoms with Gasteiger partial charge in [0.2, 0.25) is 0 Å². The van der Waals surface area contributed by atoms with E-state index in [4.69, 9.17) is 11.6 Å². The maximum atomic E-state index is 12.2. The average Bonchev–Trinajstić information content (AvgIpc) is 2.67. The van der Waals surface area contributed by atoms with Gasteiger partial charge in [0.1, 0.15) is 0 Å². The maximum absolute atomic E-state index is 12.2. The number of hydrogen-bond acceptors (Lipinski definition) is 1. The minimum atomic E-state index is -0.0903. The molecular formula is C12H12BrClN2O.